The zero-order valence-electron chi connectivity index (χ0n) is 10.5. The second-order valence-electron chi connectivity index (χ2n) is 4.38. The van der Waals surface area contributed by atoms with Gasteiger partial charge in [-0.15, -0.1) is 0 Å². The Labute approximate surface area is 120 Å². The molecule has 126 valence electrons. The van der Waals surface area contributed by atoms with Gasteiger partial charge in [0.1, 0.15) is 11.1 Å². The lowest BCUT2D eigenvalue weighted by Crippen LogP contribution is -2.19. The van der Waals surface area contributed by atoms with Gasteiger partial charge in [-0.3, -0.25) is 0 Å². The molecule has 0 saturated carbocycles. The van der Waals surface area contributed by atoms with E-state index in [1.807, 2.05) is 0 Å². The van der Waals surface area contributed by atoms with E-state index >= 15 is 0 Å². The average molecular weight is 350 g/mol. The third kappa shape index (κ3) is 3.27. The Kier molecular flexibility index (Phi) is 3.65. The van der Waals surface area contributed by atoms with E-state index in [1.54, 1.807) is 0 Å². The standard InChI is InChI=1S/C12H3F9O2/c13-10(14,15)5-1-4-2-7(12(19,20)21)9(22)23-8(4)3-6(5)11(16,17)18/h1-3H. The van der Waals surface area contributed by atoms with Crippen LogP contribution in [0.15, 0.2) is 27.4 Å². The summed E-state index contributed by atoms with van der Waals surface area (Å²) in [6.07, 6.45) is -16.1. The maximum absolute atomic E-state index is 12.7. The molecule has 0 aliphatic rings. The van der Waals surface area contributed by atoms with Gasteiger partial charge < -0.3 is 4.42 Å². The number of hydrogen-bond acceptors (Lipinski definition) is 2. The minimum Gasteiger partial charge on any atom is -0.422 e. The number of fused-ring (bicyclic) bond motifs is 1. The Bertz CT molecular complexity index is 809. The van der Waals surface area contributed by atoms with Gasteiger partial charge in [-0.2, -0.15) is 39.5 Å². The van der Waals surface area contributed by atoms with Gasteiger partial charge in [0.05, 0.1) is 11.1 Å². The van der Waals surface area contributed by atoms with Crippen LogP contribution in [0.25, 0.3) is 11.0 Å². The van der Waals surface area contributed by atoms with Gasteiger partial charge in [0, 0.05) is 5.39 Å². The highest BCUT2D eigenvalue weighted by Crippen LogP contribution is 2.42. The fourth-order valence-electron chi connectivity index (χ4n) is 1.83. The molecule has 1 heterocycles. The van der Waals surface area contributed by atoms with Crippen LogP contribution in [0.4, 0.5) is 39.5 Å². The molecular formula is C12H3F9O2. The Morgan fingerprint density at radius 2 is 1.04 bits per heavy atom. The first-order valence-electron chi connectivity index (χ1n) is 5.55. The number of halogens is 9. The molecule has 23 heavy (non-hydrogen) atoms. The molecule has 0 fully saturated rings. The highest BCUT2D eigenvalue weighted by Gasteiger charge is 2.44. The molecule has 0 radical (unpaired) electrons. The molecular weight excluding hydrogens is 347 g/mol. The summed E-state index contributed by atoms with van der Waals surface area (Å²) in [4.78, 5) is 11.1. The van der Waals surface area contributed by atoms with Gasteiger partial charge in [-0.05, 0) is 18.2 Å². The molecule has 0 aliphatic carbocycles. The summed E-state index contributed by atoms with van der Waals surface area (Å²) in [6.45, 7) is 0. The molecule has 0 saturated heterocycles. The van der Waals surface area contributed by atoms with Crippen LogP contribution >= 0.6 is 0 Å². The van der Waals surface area contributed by atoms with Crippen molar-refractivity contribution in [1.29, 1.82) is 0 Å². The van der Waals surface area contributed by atoms with Crippen molar-refractivity contribution in [2.24, 2.45) is 0 Å². The molecule has 0 aliphatic heterocycles. The van der Waals surface area contributed by atoms with E-state index < -0.39 is 51.8 Å². The average Bonchev–Trinajstić information content (AvgIpc) is 2.32. The van der Waals surface area contributed by atoms with Gasteiger partial charge in [0.25, 0.3) is 0 Å². The minimum atomic E-state index is -5.46. The molecule has 2 nitrogen and oxygen atoms in total. The summed E-state index contributed by atoms with van der Waals surface area (Å²) in [5.41, 5.74) is -9.31. The quantitative estimate of drug-likeness (QED) is 0.502. The van der Waals surface area contributed by atoms with E-state index in [0.717, 1.165) is 0 Å². The lowest BCUT2D eigenvalue weighted by atomic mass is 10.0. The van der Waals surface area contributed by atoms with E-state index in [-0.39, 0.29) is 18.2 Å². The summed E-state index contributed by atoms with van der Waals surface area (Å²) in [6, 6.07) is -0.285. The van der Waals surface area contributed by atoms with Crippen LogP contribution < -0.4 is 5.63 Å². The van der Waals surface area contributed by atoms with Crippen molar-refractivity contribution < 1.29 is 43.9 Å². The van der Waals surface area contributed by atoms with Crippen molar-refractivity contribution in [1.82, 2.24) is 0 Å². The lowest BCUT2D eigenvalue weighted by Gasteiger charge is -2.16. The maximum Gasteiger partial charge on any atom is 0.423 e. The summed E-state index contributed by atoms with van der Waals surface area (Å²) in [5, 5.41) is -0.933. The Balaban J connectivity index is 2.89. The minimum absolute atomic E-state index is 0.0105. The van der Waals surface area contributed by atoms with Gasteiger partial charge in [0.15, 0.2) is 0 Å². The van der Waals surface area contributed by atoms with Crippen molar-refractivity contribution in [3.05, 3.63) is 45.3 Å². The third-order valence-corrected chi connectivity index (χ3v) is 2.79. The van der Waals surface area contributed by atoms with Crippen LogP contribution in [0.3, 0.4) is 0 Å². The zero-order valence-corrected chi connectivity index (χ0v) is 10.5. The van der Waals surface area contributed by atoms with E-state index in [9.17, 15) is 44.3 Å². The van der Waals surface area contributed by atoms with Gasteiger partial charge >= 0.3 is 24.2 Å². The van der Waals surface area contributed by atoms with Crippen LogP contribution in [0, 0.1) is 0 Å². The summed E-state index contributed by atoms with van der Waals surface area (Å²) < 4.78 is 118. The molecule has 0 unspecified atom stereocenters. The lowest BCUT2D eigenvalue weighted by molar-refractivity contribution is -0.162. The monoisotopic (exact) mass is 350 g/mol. The third-order valence-electron chi connectivity index (χ3n) is 2.79. The maximum atomic E-state index is 12.7. The fourth-order valence-corrected chi connectivity index (χ4v) is 1.83. The molecule has 0 bridgehead atoms. The molecule has 11 heteroatoms. The van der Waals surface area contributed by atoms with Crippen LogP contribution in [0.1, 0.15) is 16.7 Å². The fraction of sp³-hybridized carbons (Fsp3) is 0.250. The first kappa shape index (κ1) is 17.2. The Morgan fingerprint density at radius 1 is 0.652 bits per heavy atom. The topological polar surface area (TPSA) is 30.2 Å². The Morgan fingerprint density at radius 3 is 1.48 bits per heavy atom. The number of alkyl halides is 9. The van der Waals surface area contributed by atoms with Crippen molar-refractivity contribution in [3.8, 4) is 0 Å². The molecule has 1 aromatic carbocycles. The molecule has 0 N–H and O–H groups in total. The number of rotatable bonds is 0. The van der Waals surface area contributed by atoms with E-state index in [2.05, 4.69) is 4.42 Å². The van der Waals surface area contributed by atoms with Gasteiger partial charge in [-0.1, -0.05) is 0 Å². The Hall–Kier alpha value is -2.20. The van der Waals surface area contributed by atoms with E-state index in [0.29, 0.717) is 0 Å². The van der Waals surface area contributed by atoms with Crippen LogP contribution in [-0.4, -0.2) is 0 Å². The largest absolute Gasteiger partial charge is 0.423 e. The molecule has 2 rings (SSSR count). The highest BCUT2D eigenvalue weighted by molar-refractivity contribution is 5.79. The number of benzene rings is 1. The van der Waals surface area contributed by atoms with Gasteiger partial charge in [0.2, 0.25) is 0 Å². The zero-order chi connectivity index (χ0) is 17.8. The predicted molar refractivity (Wildman–Crippen MR) is 57.5 cm³/mol. The summed E-state index contributed by atoms with van der Waals surface area (Å²) >= 11 is 0. The second-order valence-corrected chi connectivity index (χ2v) is 4.38. The van der Waals surface area contributed by atoms with Crippen LogP contribution in [0.5, 0.6) is 0 Å². The van der Waals surface area contributed by atoms with Crippen molar-refractivity contribution in [2.75, 3.05) is 0 Å². The van der Waals surface area contributed by atoms with Gasteiger partial charge in [-0.25, -0.2) is 4.79 Å². The van der Waals surface area contributed by atoms with Crippen molar-refractivity contribution in [2.45, 2.75) is 18.5 Å². The SMILES string of the molecule is O=c1oc2cc(C(F)(F)F)c(C(F)(F)F)cc2cc1C(F)(F)F. The second kappa shape index (κ2) is 4.90. The first-order valence-corrected chi connectivity index (χ1v) is 5.55. The van der Waals surface area contributed by atoms with Crippen LogP contribution in [-0.2, 0) is 18.5 Å². The molecule has 2 aromatic rings. The van der Waals surface area contributed by atoms with Crippen molar-refractivity contribution in [3.63, 3.8) is 0 Å². The van der Waals surface area contributed by atoms with E-state index in [4.69, 9.17) is 0 Å². The molecule has 1 aromatic heterocycles. The summed E-state index contributed by atoms with van der Waals surface area (Å²) in [7, 11) is 0. The normalized spacial score (nSPS) is 13.6. The van der Waals surface area contributed by atoms with E-state index in [1.165, 1.54) is 0 Å². The predicted octanol–water partition coefficient (Wildman–Crippen LogP) is 4.85. The molecule has 0 atom stereocenters. The summed E-state index contributed by atoms with van der Waals surface area (Å²) in [5.74, 6) is 0. The smallest absolute Gasteiger partial charge is 0.422 e. The molecule has 0 spiro atoms. The first-order chi connectivity index (χ1) is 10.2. The van der Waals surface area contributed by atoms with Crippen molar-refractivity contribution >= 4 is 11.0 Å². The molecule has 0 amide bonds. The van der Waals surface area contributed by atoms with Crippen LogP contribution in [0.2, 0.25) is 0 Å². The number of hydrogen-bond donors (Lipinski definition) is 0. The highest BCUT2D eigenvalue weighted by atomic mass is 19.4.